The summed E-state index contributed by atoms with van der Waals surface area (Å²) in [6.45, 7) is 4.45. The largest absolute Gasteiger partial charge is 0.423 e. The van der Waals surface area contributed by atoms with Gasteiger partial charge in [-0.3, -0.25) is 0 Å². The third-order valence-corrected chi connectivity index (χ3v) is 8.15. The molecule has 0 amide bonds. The molecule has 46 heavy (non-hydrogen) atoms. The van der Waals surface area contributed by atoms with Crippen molar-refractivity contribution in [2.24, 2.45) is 0 Å². The minimum atomic E-state index is -0.460. The standard InChI is InChI=1S/C40H42O4.2H2O/c1-3-5-7-9-12-29-16-18-33-26-35(22-20-31(33)24-29)39(41)43-37-14-11-15-38(28-37)44-40(42)36-23-21-32-25-30(13-10-8-6-4-2)17-19-34(32)27-36;;/h11,14-28H,3-10,12-13H2,1-2H3;2*1H2. The Kier molecular flexibility index (Phi) is 13.9. The summed E-state index contributed by atoms with van der Waals surface area (Å²) in [5.41, 5.74) is 3.58. The Balaban J connectivity index is 0.00000288. The van der Waals surface area contributed by atoms with Gasteiger partial charge in [0.2, 0.25) is 0 Å². The first-order valence-electron chi connectivity index (χ1n) is 16.1. The molecule has 0 aliphatic heterocycles. The molecular weight excluding hydrogens is 576 g/mol. The lowest BCUT2D eigenvalue weighted by molar-refractivity contribution is 0.0733. The predicted octanol–water partition coefficient (Wildman–Crippen LogP) is 9.03. The van der Waals surface area contributed by atoms with Gasteiger partial charge in [0, 0.05) is 6.07 Å². The predicted molar refractivity (Wildman–Crippen MR) is 187 cm³/mol. The van der Waals surface area contributed by atoms with Crippen molar-refractivity contribution in [1.82, 2.24) is 0 Å². The third kappa shape index (κ3) is 9.74. The molecule has 0 bridgehead atoms. The van der Waals surface area contributed by atoms with Crippen molar-refractivity contribution in [3.05, 3.63) is 119 Å². The molecule has 6 heteroatoms. The van der Waals surface area contributed by atoms with Crippen LogP contribution in [-0.4, -0.2) is 22.9 Å². The molecule has 0 saturated heterocycles. The molecule has 0 aliphatic carbocycles. The summed E-state index contributed by atoms with van der Waals surface area (Å²) in [5, 5.41) is 4.22. The molecule has 0 unspecified atom stereocenters. The fraction of sp³-hybridized carbons (Fsp3) is 0.300. The van der Waals surface area contributed by atoms with E-state index in [2.05, 4.69) is 50.2 Å². The minimum Gasteiger partial charge on any atom is -0.423 e. The summed E-state index contributed by atoms with van der Waals surface area (Å²) < 4.78 is 11.3. The molecule has 0 spiro atoms. The van der Waals surface area contributed by atoms with Crippen molar-refractivity contribution >= 4 is 33.5 Å². The summed E-state index contributed by atoms with van der Waals surface area (Å²) in [6.07, 6.45) is 12.1. The van der Waals surface area contributed by atoms with E-state index in [1.165, 1.54) is 62.5 Å². The van der Waals surface area contributed by atoms with E-state index in [4.69, 9.17) is 9.47 Å². The molecule has 5 aromatic rings. The summed E-state index contributed by atoms with van der Waals surface area (Å²) in [6, 6.07) is 30.7. The van der Waals surface area contributed by atoms with E-state index in [1.807, 2.05) is 24.3 Å². The normalized spacial score (nSPS) is 10.7. The summed E-state index contributed by atoms with van der Waals surface area (Å²) in [7, 11) is 0. The molecule has 5 aromatic carbocycles. The van der Waals surface area contributed by atoms with Crippen LogP contribution in [0.5, 0.6) is 11.5 Å². The van der Waals surface area contributed by atoms with Crippen LogP contribution in [0.25, 0.3) is 21.5 Å². The molecule has 242 valence electrons. The maximum absolute atomic E-state index is 13.0. The van der Waals surface area contributed by atoms with Gasteiger partial charge in [0.25, 0.3) is 0 Å². The van der Waals surface area contributed by atoms with Gasteiger partial charge < -0.3 is 20.4 Å². The molecule has 0 saturated carbocycles. The molecule has 0 aromatic heterocycles. The molecule has 0 radical (unpaired) electrons. The average Bonchev–Trinajstić information content (AvgIpc) is 3.04. The maximum Gasteiger partial charge on any atom is 0.343 e. The number of carbonyl (C=O) groups is 2. The zero-order chi connectivity index (χ0) is 30.7. The lowest BCUT2D eigenvalue weighted by Crippen LogP contribution is -2.10. The Morgan fingerprint density at radius 1 is 0.478 bits per heavy atom. The van der Waals surface area contributed by atoms with Gasteiger partial charge in [0.1, 0.15) is 11.5 Å². The fourth-order valence-electron chi connectivity index (χ4n) is 5.60. The van der Waals surface area contributed by atoms with Crippen LogP contribution in [0.15, 0.2) is 97.1 Å². The number of esters is 2. The van der Waals surface area contributed by atoms with E-state index >= 15 is 0 Å². The summed E-state index contributed by atoms with van der Waals surface area (Å²) in [5.74, 6) is -0.294. The Morgan fingerprint density at radius 2 is 0.891 bits per heavy atom. The highest BCUT2D eigenvalue weighted by molar-refractivity contribution is 5.97. The van der Waals surface area contributed by atoms with Crippen molar-refractivity contribution in [2.75, 3.05) is 0 Å². The summed E-state index contributed by atoms with van der Waals surface area (Å²) in [4.78, 5) is 26.0. The van der Waals surface area contributed by atoms with E-state index in [1.54, 1.807) is 36.4 Å². The molecule has 0 fully saturated rings. The van der Waals surface area contributed by atoms with Crippen LogP contribution >= 0.6 is 0 Å². The molecule has 6 nitrogen and oxygen atoms in total. The lowest BCUT2D eigenvalue weighted by atomic mass is 10.0. The van der Waals surface area contributed by atoms with Crippen LogP contribution in [0.1, 0.15) is 97.1 Å². The van der Waals surface area contributed by atoms with Crippen molar-refractivity contribution < 1.29 is 30.0 Å². The highest BCUT2D eigenvalue weighted by Crippen LogP contribution is 2.25. The number of hydrogen-bond donors (Lipinski definition) is 0. The smallest absolute Gasteiger partial charge is 0.343 e. The van der Waals surface area contributed by atoms with Gasteiger partial charge >= 0.3 is 11.9 Å². The number of benzene rings is 5. The first-order valence-corrected chi connectivity index (χ1v) is 16.1. The van der Waals surface area contributed by atoms with Gasteiger partial charge in [-0.05, 0) is 94.8 Å². The minimum absolute atomic E-state index is 0. The van der Waals surface area contributed by atoms with Crippen LogP contribution in [0, 0.1) is 0 Å². The number of carbonyl (C=O) groups excluding carboxylic acids is 2. The molecular formula is C40H46O6. The van der Waals surface area contributed by atoms with Crippen molar-refractivity contribution in [3.63, 3.8) is 0 Å². The molecule has 0 aliphatic rings. The highest BCUT2D eigenvalue weighted by atomic mass is 16.5. The van der Waals surface area contributed by atoms with Crippen LogP contribution in [0.2, 0.25) is 0 Å². The zero-order valence-corrected chi connectivity index (χ0v) is 26.9. The van der Waals surface area contributed by atoms with Crippen LogP contribution in [-0.2, 0) is 12.8 Å². The second kappa shape index (κ2) is 17.8. The SMILES string of the molecule is CCCCCCc1ccc2cc(C(=O)Oc3cccc(OC(=O)c4ccc5cc(CCCCCC)ccc5c4)c3)ccc2c1.O.O. The van der Waals surface area contributed by atoms with E-state index < -0.39 is 11.9 Å². The Bertz CT molecular complexity index is 1620. The number of ether oxygens (including phenoxy) is 2. The first-order chi connectivity index (χ1) is 21.5. The highest BCUT2D eigenvalue weighted by Gasteiger charge is 2.13. The van der Waals surface area contributed by atoms with Gasteiger partial charge in [0.15, 0.2) is 0 Å². The van der Waals surface area contributed by atoms with Gasteiger partial charge in [-0.2, -0.15) is 0 Å². The van der Waals surface area contributed by atoms with Crippen molar-refractivity contribution in [3.8, 4) is 11.5 Å². The lowest BCUT2D eigenvalue weighted by Gasteiger charge is -2.09. The van der Waals surface area contributed by atoms with E-state index in [-0.39, 0.29) is 11.0 Å². The Morgan fingerprint density at radius 3 is 1.33 bits per heavy atom. The Hall–Kier alpha value is -4.52. The number of rotatable bonds is 14. The number of aryl methyl sites for hydroxylation is 2. The van der Waals surface area contributed by atoms with Crippen LogP contribution in [0.4, 0.5) is 0 Å². The summed E-state index contributed by atoms with van der Waals surface area (Å²) >= 11 is 0. The first kappa shape index (κ1) is 36.0. The van der Waals surface area contributed by atoms with Gasteiger partial charge in [-0.1, -0.05) is 107 Å². The number of hydrogen-bond acceptors (Lipinski definition) is 4. The fourth-order valence-corrected chi connectivity index (χ4v) is 5.60. The van der Waals surface area contributed by atoms with E-state index in [9.17, 15) is 9.59 Å². The number of fused-ring (bicyclic) bond motifs is 2. The van der Waals surface area contributed by atoms with Gasteiger partial charge in [-0.15, -0.1) is 0 Å². The monoisotopic (exact) mass is 622 g/mol. The van der Waals surface area contributed by atoms with E-state index in [0.717, 1.165) is 34.4 Å². The molecule has 4 N–H and O–H groups in total. The zero-order valence-electron chi connectivity index (χ0n) is 26.9. The maximum atomic E-state index is 13.0. The van der Waals surface area contributed by atoms with Gasteiger partial charge in [0.05, 0.1) is 11.1 Å². The van der Waals surface area contributed by atoms with Crippen molar-refractivity contribution in [2.45, 2.75) is 78.1 Å². The molecule has 5 rings (SSSR count). The van der Waals surface area contributed by atoms with Crippen molar-refractivity contribution in [1.29, 1.82) is 0 Å². The van der Waals surface area contributed by atoms with E-state index in [0.29, 0.717) is 22.6 Å². The quantitative estimate of drug-likeness (QED) is 0.0698. The van der Waals surface area contributed by atoms with Crippen LogP contribution < -0.4 is 9.47 Å². The number of unbranched alkanes of at least 4 members (excludes halogenated alkanes) is 6. The Labute approximate surface area is 272 Å². The second-order valence-electron chi connectivity index (χ2n) is 11.7. The average molecular weight is 623 g/mol. The molecule has 0 heterocycles. The van der Waals surface area contributed by atoms with Crippen LogP contribution in [0.3, 0.4) is 0 Å². The second-order valence-corrected chi connectivity index (χ2v) is 11.7. The third-order valence-electron chi connectivity index (χ3n) is 8.15. The van der Waals surface area contributed by atoms with Gasteiger partial charge in [-0.25, -0.2) is 9.59 Å². The topological polar surface area (TPSA) is 116 Å². The molecule has 0 atom stereocenters.